The van der Waals surface area contributed by atoms with Crippen LogP contribution in [-0.2, 0) is 0 Å². The van der Waals surface area contributed by atoms with Crippen molar-refractivity contribution in [1.82, 2.24) is 9.80 Å². The van der Waals surface area contributed by atoms with E-state index in [0.717, 1.165) is 30.2 Å². The van der Waals surface area contributed by atoms with E-state index in [1.54, 1.807) is 6.07 Å². The van der Waals surface area contributed by atoms with Gasteiger partial charge in [0.1, 0.15) is 5.75 Å². The molecule has 3 atom stereocenters. The predicted molar refractivity (Wildman–Crippen MR) is 109 cm³/mol. The number of aromatic hydroxyl groups is 1. The van der Waals surface area contributed by atoms with Crippen LogP contribution in [0.5, 0.6) is 5.75 Å². The van der Waals surface area contributed by atoms with Crippen LogP contribution in [-0.4, -0.2) is 46.6 Å². The van der Waals surface area contributed by atoms with Gasteiger partial charge in [-0.1, -0.05) is 41.9 Å². The highest BCUT2D eigenvalue weighted by molar-refractivity contribution is 6.30. The number of piperazine rings is 1. The normalized spacial score (nSPS) is 22.9. The number of benzene rings is 2. The van der Waals surface area contributed by atoms with E-state index in [0.29, 0.717) is 17.8 Å². The second-order valence-electron chi connectivity index (χ2n) is 7.19. The second kappa shape index (κ2) is 8.26. The molecule has 3 nitrogen and oxygen atoms in total. The molecule has 0 bridgehead atoms. The Balaban J connectivity index is 1.98. The molecule has 26 heavy (non-hydrogen) atoms. The van der Waals surface area contributed by atoms with Gasteiger partial charge in [0.2, 0.25) is 0 Å². The standard InChI is InChI=1S/C22H27ClN2O/c1-4-12-24-14-17(3)25(15-16(24)2)22(18-8-10-20(23)11-9-18)19-6-5-7-21(26)13-19/h4-11,13,16-17,22,26H,1,12,14-15H2,2-3H3. The van der Waals surface area contributed by atoms with Crippen molar-refractivity contribution in [1.29, 1.82) is 0 Å². The number of phenols is 1. The third kappa shape index (κ3) is 4.12. The lowest BCUT2D eigenvalue weighted by Crippen LogP contribution is -2.57. The Morgan fingerprint density at radius 1 is 1.12 bits per heavy atom. The number of hydrogen-bond acceptors (Lipinski definition) is 3. The van der Waals surface area contributed by atoms with Gasteiger partial charge in [0.05, 0.1) is 6.04 Å². The molecule has 1 fully saturated rings. The van der Waals surface area contributed by atoms with E-state index in [1.165, 1.54) is 5.56 Å². The summed E-state index contributed by atoms with van der Waals surface area (Å²) in [6, 6.07) is 16.6. The predicted octanol–water partition coefficient (Wildman–Crippen LogP) is 4.72. The first kappa shape index (κ1) is 19.0. The van der Waals surface area contributed by atoms with E-state index in [-0.39, 0.29) is 6.04 Å². The largest absolute Gasteiger partial charge is 0.508 e. The van der Waals surface area contributed by atoms with Crippen LogP contribution in [0.1, 0.15) is 31.0 Å². The highest BCUT2D eigenvalue weighted by atomic mass is 35.5. The van der Waals surface area contributed by atoms with E-state index < -0.39 is 0 Å². The van der Waals surface area contributed by atoms with Crippen LogP contribution >= 0.6 is 11.6 Å². The summed E-state index contributed by atoms with van der Waals surface area (Å²) >= 11 is 6.11. The molecule has 1 aliphatic heterocycles. The van der Waals surface area contributed by atoms with E-state index >= 15 is 0 Å². The Kier molecular flexibility index (Phi) is 6.02. The van der Waals surface area contributed by atoms with Gasteiger partial charge >= 0.3 is 0 Å². The number of halogens is 1. The first-order chi connectivity index (χ1) is 12.5. The van der Waals surface area contributed by atoms with Gasteiger partial charge in [-0.15, -0.1) is 6.58 Å². The lowest BCUT2D eigenvalue weighted by atomic mass is 9.93. The Morgan fingerprint density at radius 2 is 1.85 bits per heavy atom. The summed E-state index contributed by atoms with van der Waals surface area (Å²) in [5.74, 6) is 0.299. The molecule has 0 spiro atoms. The fourth-order valence-electron chi connectivity index (χ4n) is 3.92. The molecule has 1 saturated heterocycles. The molecule has 3 unspecified atom stereocenters. The van der Waals surface area contributed by atoms with E-state index in [2.05, 4.69) is 48.4 Å². The van der Waals surface area contributed by atoms with Crippen LogP contribution in [0.3, 0.4) is 0 Å². The van der Waals surface area contributed by atoms with Crippen molar-refractivity contribution >= 4 is 11.6 Å². The molecule has 138 valence electrons. The van der Waals surface area contributed by atoms with Gasteiger partial charge in [0.15, 0.2) is 0 Å². The monoisotopic (exact) mass is 370 g/mol. The quantitative estimate of drug-likeness (QED) is 0.772. The molecular formula is C22H27ClN2O. The van der Waals surface area contributed by atoms with Gasteiger partial charge in [0, 0.05) is 36.7 Å². The third-order valence-corrected chi connectivity index (χ3v) is 5.48. The number of rotatable bonds is 5. The lowest BCUT2D eigenvalue weighted by molar-refractivity contribution is 0.0306. The SMILES string of the molecule is C=CCN1CC(C)N(C(c2ccc(Cl)cc2)c2cccc(O)c2)CC1C. The highest BCUT2D eigenvalue weighted by Gasteiger charge is 2.34. The number of nitrogens with zero attached hydrogens (tertiary/aromatic N) is 2. The van der Waals surface area contributed by atoms with Gasteiger partial charge in [0.25, 0.3) is 0 Å². The van der Waals surface area contributed by atoms with E-state index in [9.17, 15) is 5.11 Å². The van der Waals surface area contributed by atoms with Crippen molar-refractivity contribution in [2.24, 2.45) is 0 Å². The maximum atomic E-state index is 10.0. The topological polar surface area (TPSA) is 26.7 Å². The van der Waals surface area contributed by atoms with Crippen molar-refractivity contribution in [3.63, 3.8) is 0 Å². The van der Waals surface area contributed by atoms with Crippen LogP contribution in [0.2, 0.25) is 5.02 Å². The van der Waals surface area contributed by atoms with Gasteiger partial charge in [-0.2, -0.15) is 0 Å². The molecule has 1 heterocycles. The first-order valence-corrected chi connectivity index (χ1v) is 9.52. The summed E-state index contributed by atoms with van der Waals surface area (Å²) < 4.78 is 0. The summed E-state index contributed by atoms with van der Waals surface area (Å²) in [7, 11) is 0. The Hall–Kier alpha value is -1.81. The smallest absolute Gasteiger partial charge is 0.115 e. The Morgan fingerprint density at radius 3 is 2.50 bits per heavy atom. The third-order valence-electron chi connectivity index (χ3n) is 5.23. The van der Waals surface area contributed by atoms with Gasteiger partial charge in [-0.05, 0) is 49.2 Å². The molecule has 1 N–H and O–H groups in total. The van der Waals surface area contributed by atoms with Crippen molar-refractivity contribution in [3.05, 3.63) is 77.3 Å². The maximum Gasteiger partial charge on any atom is 0.115 e. The molecule has 3 rings (SSSR count). The average Bonchev–Trinajstić information content (AvgIpc) is 2.61. The van der Waals surface area contributed by atoms with Crippen molar-refractivity contribution in [2.45, 2.75) is 32.0 Å². The molecule has 0 aromatic heterocycles. The number of phenolic OH excluding ortho intramolecular Hbond substituents is 1. The molecule has 0 radical (unpaired) electrons. The Labute approximate surface area is 161 Å². The molecule has 1 aliphatic rings. The molecule has 4 heteroatoms. The molecule has 2 aromatic rings. The lowest BCUT2D eigenvalue weighted by Gasteiger charge is -2.47. The van der Waals surface area contributed by atoms with Crippen LogP contribution in [0.25, 0.3) is 0 Å². The molecule has 0 saturated carbocycles. The highest BCUT2D eigenvalue weighted by Crippen LogP contribution is 2.34. The molecule has 0 aliphatic carbocycles. The van der Waals surface area contributed by atoms with E-state index in [4.69, 9.17) is 11.6 Å². The van der Waals surface area contributed by atoms with Gasteiger partial charge in [-0.3, -0.25) is 9.80 Å². The van der Waals surface area contributed by atoms with Gasteiger partial charge in [-0.25, -0.2) is 0 Å². The summed E-state index contributed by atoms with van der Waals surface area (Å²) in [5, 5.41) is 10.8. The first-order valence-electron chi connectivity index (χ1n) is 9.14. The van der Waals surface area contributed by atoms with Crippen LogP contribution in [0.15, 0.2) is 61.2 Å². The molecular weight excluding hydrogens is 344 g/mol. The average molecular weight is 371 g/mol. The minimum Gasteiger partial charge on any atom is -0.508 e. The van der Waals surface area contributed by atoms with Crippen molar-refractivity contribution < 1.29 is 5.11 Å². The summed E-state index contributed by atoms with van der Waals surface area (Å²) in [5.41, 5.74) is 2.29. The number of hydrogen-bond donors (Lipinski definition) is 1. The molecule has 2 aromatic carbocycles. The summed E-state index contributed by atoms with van der Waals surface area (Å²) in [4.78, 5) is 5.00. The minimum absolute atomic E-state index is 0.0858. The minimum atomic E-state index is 0.0858. The van der Waals surface area contributed by atoms with Crippen LogP contribution < -0.4 is 0 Å². The zero-order valence-corrected chi connectivity index (χ0v) is 16.2. The summed E-state index contributed by atoms with van der Waals surface area (Å²) in [6.07, 6.45) is 1.98. The Bertz CT molecular complexity index is 746. The molecule has 0 amide bonds. The van der Waals surface area contributed by atoms with Gasteiger partial charge < -0.3 is 5.11 Å². The zero-order valence-electron chi connectivity index (χ0n) is 15.5. The summed E-state index contributed by atoms with van der Waals surface area (Å²) in [6.45, 7) is 11.3. The zero-order chi connectivity index (χ0) is 18.7. The van der Waals surface area contributed by atoms with Crippen LogP contribution in [0.4, 0.5) is 0 Å². The van der Waals surface area contributed by atoms with Crippen molar-refractivity contribution in [2.75, 3.05) is 19.6 Å². The van der Waals surface area contributed by atoms with Crippen LogP contribution in [0, 0.1) is 0 Å². The van der Waals surface area contributed by atoms with Crippen molar-refractivity contribution in [3.8, 4) is 5.75 Å². The fraction of sp³-hybridized carbons (Fsp3) is 0.364. The second-order valence-corrected chi connectivity index (χ2v) is 7.62. The fourth-order valence-corrected chi connectivity index (χ4v) is 4.05. The maximum absolute atomic E-state index is 10.0. The van der Waals surface area contributed by atoms with E-state index in [1.807, 2.05) is 30.3 Å².